The Balaban J connectivity index is 1.47. The highest BCUT2D eigenvalue weighted by atomic mass is 32.1. The number of thiazole rings is 1. The van der Waals surface area contributed by atoms with Gasteiger partial charge in [0, 0.05) is 22.8 Å². The molecule has 0 radical (unpaired) electrons. The molecule has 0 spiro atoms. The molecule has 5 aromatic rings. The predicted molar refractivity (Wildman–Crippen MR) is 127 cm³/mol. The van der Waals surface area contributed by atoms with Crippen LogP contribution in [0.1, 0.15) is 27.4 Å². The first-order valence-electron chi connectivity index (χ1n) is 10.1. The van der Waals surface area contributed by atoms with E-state index in [1.54, 1.807) is 28.4 Å². The lowest BCUT2D eigenvalue weighted by molar-refractivity contribution is 0.0955. The normalized spacial score (nSPS) is 11.4. The lowest BCUT2D eigenvalue weighted by Crippen LogP contribution is -2.18. The zero-order chi connectivity index (χ0) is 22.1. The molecule has 0 aliphatic heterocycles. The second kappa shape index (κ2) is 8.24. The third-order valence-electron chi connectivity index (χ3n) is 5.13. The summed E-state index contributed by atoms with van der Waals surface area (Å²) in [5, 5.41) is 10.9. The summed E-state index contributed by atoms with van der Waals surface area (Å²) in [4.78, 5) is 18.5. The number of amides is 1. The average molecular weight is 441 g/mol. The van der Waals surface area contributed by atoms with Crippen molar-refractivity contribution in [2.45, 2.75) is 13.8 Å². The molecule has 3 aromatic heterocycles. The number of hydrogen-bond donors (Lipinski definition) is 1. The molecule has 0 bridgehead atoms. The van der Waals surface area contributed by atoms with Gasteiger partial charge in [-0.3, -0.25) is 9.20 Å². The van der Waals surface area contributed by atoms with E-state index < -0.39 is 0 Å². The van der Waals surface area contributed by atoms with Gasteiger partial charge in [-0.25, -0.2) is 15.1 Å². The number of rotatable bonds is 5. The van der Waals surface area contributed by atoms with Crippen LogP contribution in [0.4, 0.5) is 0 Å². The molecule has 0 aliphatic carbocycles. The van der Waals surface area contributed by atoms with Gasteiger partial charge in [-0.15, -0.1) is 11.3 Å². The van der Waals surface area contributed by atoms with Crippen LogP contribution in [-0.2, 0) is 0 Å². The van der Waals surface area contributed by atoms with Crippen LogP contribution in [-0.4, -0.2) is 31.3 Å². The van der Waals surface area contributed by atoms with E-state index in [9.17, 15) is 4.79 Å². The SMILES string of the molecule is Cc1nc2scc(C)n2c1/C=N/NC(=O)c1cn(-c2ccccc2)nc1-c1ccccc1. The first kappa shape index (κ1) is 19.9. The van der Waals surface area contributed by atoms with E-state index in [0.717, 1.165) is 33.3 Å². The number of carbonyl (C=O) groups is 1. The Hall–Kier alpha value is -4.04. The number of hydrazone groups is 1. The molecule has 5 rings (SSSR count). The van der Waals surface area contributed by atoms with Gasteiger partial charge >= 0.3 is 0 Å². The molecule has 1 amide bonds. The van der Waals surface area contributed by atoms with Crippen LogP contribution in [0.3, 0.4) is 0 Å². The summed E-state index contributed by atoms with van der Waals surface area (Å²) >= 11 is 1.58. The third-order valence-corrected chi connectivity index (χ3v) is 6.08. The van der Waals surface area contributed by atoms with Gasteiger partial charge in [0.05, 0.1) is 28.9 Å². The lowest BCUT2D eigenvalue weighted by Gasteiger charge is -2.01. The molecule has 2 aromatic carbocycles. The molecule has 0 fully saturated rings. The van der Waals surface area contributed by atoms with Crippen molar-refractivity contribution >= 4 is 28.4 Å². The summed E-state index contributed by atoms with van der Waals surface area (Å²) < 4.78 is 3.73. The maximum absolute atomic E-state index is 13.1. The molecule has 8 heteroatoms. The maximum Gasteiger partial charge on any atom is 0.275 e. The van der Waals surface area contributed by atoms with E-state index in [1.165, 1.54) is 0 Å². The van der Waals surface area contributed by atoms with E-state index in [0.29, 0.717) is 11.3 Å². The molecule has 158 valence electrons. The summed E-state index contributed by atoms with van der Waals surface area (Å²) in [6.07, 6.45) is 3.37. The van der Waals surface area contributed by atoms with Crippen LogP contribution in [0.15, 0.2) is 77.3 Å². The fourth-order valence-corrected chi connectivity index (χ4v) is 4.47. The van der Waals surface area contributed by atoms with E-state index in [4.69, 9.17) is 0 Å². The quantitative estimate of drug-likeness (QED) is 0.320. The topological polar surface area (TPSA) is 76.6 Å². The summed E-state index contributed by atoms with van der Waals surface area (Å²) in [6.45, 7) is 3.95. The van der Waals surface area contributed by atoms with Crippen LogP contribution in [0.25, 0.3) is 21.9 Å². The molecular weight excluding hydrogens is 420 g/mol. The monoisotopic (exact) mass is 440 g/mol. The highest BCUT2D eigenvalue weighted by Gasteiger charge is 2.18. The Kier molecular flexibility index (Phi) is 5.12. The largest absolute Gasteiger partial charge is 0.286 e. The minimum absolute atomic E-state index is 0.331. The van der Waals surface area contributed by atoms with Crippen molar-refractivity contribution in [1.29, 1.82) is 0 Å². The number of benzene rings is 2. The zero-order valence-electron chi connectivity index (χ0n) is 17.6. The van der Waals surface area contributed by atoms with Crippen molar-refractivity contribution in [3.05, 3.63) is 94.9 Å². The van der Waals surface area contributed by atoms with E-state index in [2.05, 4.69) is 20.6 Å². The lowest BCUT2D eigenvalue weighted by atomic mass is 10.1. The average Bonchev–Trinajstić information content (AvgIpc) is 3.50. The molecular formula is C24H20N6OS. The number of fused-ring (bicyclic) bond motifs is 1. The number of nitrogens with one attached hydrogen (secondary N) is 1. The van der Waals surface area contributed by atoms with Crippen molar-refractivity contribution in [1.82, 2.24) is 24.6 Å². The smallest absolute Gasteiger partial charge is 0.275 e. The Morgan fingerprint density at radius 2 is 1.78 bits per heavy atom. The molecule has 7 nitrogen and oxygen atoms in total. The van der Waals surface area contributed by atoms with E-state index >= 15 is 0 Å². The first-order valence-corrected chi connectivity index (χ1v) is 11.0. The number of para-hydroxylation sites is 1. The standard InChI is InChI=1S/C24H20N6OS/c1-16-15-32-24-26-17(2)21(30(16)24)13-25-27-23(31)20-14-29(19-11-7-4-8-12-19)28-22(20)18-9-5-3-6-10-18/h3-15H,1-2H3,(H,27,31)/b25-13+. The van der Waals surface area contributed by atoms with Gasteiger partial charge in [-0.1, -0.05) is 48.5 Å². The Bertz CT molecular complexity index is 1430. The number of imidazole rings is 1. The molecule has 3 heterocycles. The van der Waals surface area contributed by atoms with Crippen molar-refractivity contribution in [3.63, 3.8) is 0 Å². The van der Waals surface area contributed by atoms with Gasteiger partial charge in [-0.2, -0.15) is 10.2 Å². The highest BCUT2D eigenvalue weighted by molar-refractivity contribution is 7.15. The van der Waals surface area contributed by atoms with Gasteiger partial charge in [-0.05, 0) is 26.0 Å². The minimum Gasteiger partial charge on any atom is -0.286 e. The second-order valence-corrected chi connectivity index (χ2v) is 8.15. The van der Waals surface area contributed by atoms with Crippen LogP contribution >= 0.6 is 11.3 Å². The van der Waals surface area contributed by atoms with Crippen LogP contribution in [0.5, 0.6) is 0 Å². The van der Waals surface area contributed by atoms with Crippen molar-refractivity contribution < 1.29 is 4.79 Å². The maximum atomic E-state index is 13.1. The van der Waals surface area contributed by atoms with Crippen molar-refractivity contribution in [3.8, 4) is 16.9 Å². The summed E-state index contributed by atoms with van der Waals surface area (Å²) in [6, 6.07) is 19.3. The van der Waals surface area contributed by atoms with Gasteiger partial charge < -0.3 is 0 Å². The number of aryl methyl sites for hydroxylation is 2. The summed E-state index contributed by atoms with van der Waals surface area (Å²) in [7, 11) is 0. The van der Waals surface area contributed by atoms with Crippen molar-refractivity contribution in [2.24, 2.45) is 5.10 Å². The molecule has 0 aliphatic rings. The molecule has 0 saturated carbocycles. The van der Waals surface area contributed by atoms with E-state index in [-0.39, 0.29) is 5.91 Å². The number of nitrogens with zero attached hydrogens (tertiary/aromatic N) is 5. The van der Waals surface area contributed by atoms with Gasteiger partial charge in [0.15, 0.2) is 4.96 Å². The first-order chi connectivity index (χ1) is 15.6. The second-order valence-electron chi connectivity index (χ2n) is 7.31. The molecule has 32 heavy (non-hydrogen) atoms. The molecule has 0 atom stereocenters. The van der Waals surface area contributed by atoms with Gasteiger partial charge in [0.1, 0.15) is 5.69 Å². The predicted octanol–water partition coefficient (Wildman–Crippen LogP) is 4.63. The summed E-state index contributed by atoms with van der Waals surface area (Å²) in [5.41, 5.74) is 8.22. The molecule has 0 saturated heterocycles. The Labute approximate surface area is 188 Å². The van der Waals surface area contributed by atoms with Crippen LogP contribution < -0.4 is 5.43 Å². The molecule has 1 N–H and O–H groups in total. The Morgan fingerprint density at radius 1 is 1.06 bits per heavy atom. The fraction of sp³-hybridized carbons (Fsp3) is 0.0833. The van der Waals surface area contributed by atoms with Crippen LogP contribution in [0.2, 0.25) is 0 Å². The summed E-state index contributed by atoms with van der Waals surface area (Å²) in [5.74, 6) is -0.331. The van der Waals surface area contributed by atoms with Crippen molar-refractivity contribution in [2.75, 3.05) is 0 Å². The number of carbonyl (C=O) groups excluding carboxylic acids is 1. The number of hydrogen-bond acceptors (Lipinski definition) is 5. The minimum atomic E-state index is -0.331. The highest BCUT2D eigenvalue weighted by Crippen LogP contribution is 2.24. The Morgan fingerprint density at radius 3 is 2.53 bits per heavy atom. The third kappa shape index (κ3) is 3.61. The number of aromatic nitrogens is 4. The van der Waals surface area contributed by atoms with Gasteiger partial charge in [0.25, 0.3) is 5.91 Å². The molecule has 0 unspecified atom stereocenters. The van der Waals surface area contributed by atoms with Gasteiger partial charge in [0.2, 0.25) is 0 Å². The van der Waals surface area contributed by atoms with E-state index in [1.807, 2.05) is 84.3 Å². The fourth-order valence-electron chi connectivity index (χ4n) is 3.55. The van der Waals surface area contributed by atoms with Crippen LogP contribution in [0, 0.1) is 13.8 Å². The zero-order valence-corrected chi connectivity index (χ0v) is 18.4.